The van der Waals surface area contributed by atoms with Crippen molar-refractivity contribution in [1.29, 1.82) is 0 Å². The van der Waals surface area contributed by atoms with E-state index in [-0.39, 0.29) is 10.6 Å². The van der Waals surface area contributed by atoms with E-state index in [1.54, 1.807) is 6.07 Å². The highest BCUT2D eigenvalue weighted by Gasteiger charge is 2.14. The van der Waals surface area contributed by atoms with Crippen LogP contribution >= 0.6 is 15.9 Å². The molecule has 1 unspecified atom stereocenters. The van der Waals surface area contributed by atoms with Crippen molar-refractivity contribution in [2.45, 2.75) is 32.4 Å². The van der Waals surface area contributed by atoms with E-state index < -0.39 is 0 Å². The molecule has 0 amide bonds. The predicted octanol–water partition coefficient (Wildman–Crippen LogP) is 2.93. The van der Waals surface area contributed by atoms with Crippen molar-refractivity contribution < 1.29 is 4.92 Å². The lowest BCUT2D eigenvalue weighted by Crippen LogP contribution is -2.37. The Morgan fingerprint density at radius 3 is 2.75 bits per heavy atom. The first-order chi connectivity index (χ1) is 9.54. The van der Waals surface area contributed by atoms with E-state index in [9.17, 15) is 10.1 Å². The van der Waals surface area contributed by atoms with Gasteiger partial charge in [0, 0.05) is 35.7 Å². The first-order valence-corrected chi connectivity index (χ1v) is 7.73. The summed E-state index contributed by atoms with van der Waals surface area (Å²) in [5.74, 6) is 0. The number of hydrogen-bond donors (Lipinski definition) is 1. The second-order valence-electron chi connectivity index (χ2n) is 5.36. The molecule has 0 bridgehead atoms. The molecule has 1 aromatic carbocycles. The van der Waals surface area contributed by atoms with Crippen molar-refractivity contribution in [3.05, 3.63) is 38.3 Å². The zero-order chi connectivity index (χ0) is 14.5. The summed E-state index contributed by atoms with van der Waals surface area (Å²) in [7, 11) is 0. The number of benzene rings is 1. The number of nitro benzene ring substituents is 1. The van der Waals surface area contributed by atoms with E-state index in [0.29, 0.717) is 12.6 Å². The molecule has 1 aromatic rings. The lowest BCUT2D eigenvalue weighted by atomic mass is 10.2. The average molecular weight is 342 g/mol. The van der Waals surface area contributed by atoms with Gasteiger partial charge >= 0.3 is 0 Å². The summed E-state index contributed by atoms with van der Waals surface area (Å²) in [6.45, 7) is 6.22. The Morgan fingerprint density at radius 2 is 2.10 bits per heavy atom. The number of nitrogens with one attached hydrogen (secondary N) is 1. The molecule has 1 aliphatic heterocycles. The lowest BCUT2D eigenvalue weighted by molar-refractivity contribution is -0.385. The van der Waals surface area contributed by atoms with Crippen LogP contribution in [0.5, 0.6) is 0 Å². The van der Waals surface area contributed by atoms with Crippen LogP contribution in [0.1, 0.15) is 25.3 Å². The van der Waals surface area contributed by atoms with Crippen LogP contribution in [0.2, 0.25) is 0 Å². The van der Waals surface area contributed by atoms with Gasteiger partial charge in [-0.15, -0.1) is 0 Å². The predicted molar refractivity (Wildman–Crippen MR) is 82.8 cm³/mol. The quantitative estimate of drug-likeness (QED) is 0.638. The van der Waals surface area contributed by atoms with Gasteiger partial charge in [0.1, 0.15) is 0 Å². The highest BCUT2D eigenvalue weighted by atomic mass is 79.9. The third-order valence-electron chi connectivity index (χ3n) is 3.54. The molecule has 1 fully saturated rings. The van der Waals surface area contributed by atoms with Gasteiger partial charge in [-0.05, 0) is 44.5 Å². The van der Waals surface area contributed by atoms with Crippen LogP contribution in [0.4, 0.5) is 5.69 Å². The Bertz CT molecular complexity index is 475. The molecule has 1 N–H and O–H groups in total. The highest BCUT2D eigenvalue weighted by molar-refractivity contribution is 9.10. The van der Waals surface area contributed by atoms with Crippen molar-refractivity contribution in [2.75, 3.05) is 19.6 Å². The Balaban J connectivity index is 1.87. The minimum Gasteiger partial charge on any atom is -0.309 e. The molecule has 20 heavy (non-hydrogen) atoms. The zero-order valence-corrected chi connectivity index (χ0v) is 13.2. The second-order valence-corrected chi connectivity index (χ2v) is 6.28. The standard InChI is InChI=1S/C14H20BrN3O2/c1-11(10-17-4-2-3-5-17)16-9-12-6-13(15)8-14(7-12)18(19)20/h6-8,11,16H,2-5,9-10H2,1H3. The van der Waals surface area contributed by atoms with Gasteiger partial charge in [-0.1, -0.05) is 15.9 Å². The number of likely N-dealkylation sites (tertiary alicyclic amines) is 1. The molecular formula is C14H20BrN3O2. The molecule has 1 aliphatic rings. The van der Waals surface area contributed by atoms with E-state index >= 15 is 0 Å². The third-order valence-corrected chi connectivity index (χ3v) is 4.00. The van der Waals surface area contributed by atoms with Gasteiger partial charge in [0.15, 0.2) is 0 Å². The third kappa shape index (κ3) is 4.54. The van der Waals surface area contributed by atoms with Crippen molar-refractivity contribution >= 4 is 21.6 Å². The minimum atomic E-state index is -0.359. The van der Waals surface area contributed by atoms with Crippen LogP contribution in [-0.2, 0) is 6.54 Å². The largest absolute Gasteiger partial charge is 0.309 e. The van der Waals surface area contributed by atoms with E-state index in [1.165, 1.54) is 32.0 Å². The number of non-ortho nitro benzene ring substituents is 1. The zero-order valence-electron chi connectivity index (χ0n) is 11.6. The van der Waals surface area contributed by atoms with Crippen molar-refractivity contribution in [2.24, 2.45) is 0 Å². The molecule has 0 aromatic heterocycles. The molecule has 1 atom stereocenters. The van der Waals surface area contributed by atoms with Crippen LogP contribution in [0.15, 0.2) is 22.7 Å². The fourth-order valence-corrected chi connectivity index (χ4v) is 3.08. The summed E-state index contributed by atoms with van der Waals surface area (Å²) in [5.41, 5.74) is 1.06. The summed E-state index contributed by atoms with van der Waals surface area (Å²) in [6.07, 6.45) is 2.59. The Hall–Kier alpha value is -0.980. The van der Waals surface area contributed by atoms with Crippen LogP contribution < -0.4 is 5.32 Å². The Morgan fingerprint density at radius 1 is 1.40 bits per heavy atom. The van der Waals surface area contributed by atoms with Crippen molar-refractivity contribution in [3.8, 4) is 0 Å². The maximum Gasteiger partial charge on any atom is 0.270 e. The fourth-order valence-electron chi connectivity index (χ4n) is 2.55. The monoisotopic (exact) mass is 341 g/mol. The van der Waals surface area contributed by atoms with Crippen LogP contribution in [0.25, 0.3) is 0 Å². The van der Waals surface area contributed by atoms with Gasteiger partial charge in [0.25, 0.3) is 5.69 Å². The maximum atomic E-state index is 10.8. The number of halogens is 1. The van der Waals surface area contributed by atoms with Gasteiger partial charge < -0.3 is 10.2 Å². The van der Waals surface area contributed by atoms with Gasteiger partial charge in [0.05, 0.1) is 4.92 Å². The molecule has 1 saturated heterocycles. The Kier molecular flexibility index (Phi) is 5.51. The molecular weight excluding hydrogens is 322 g/mol. The van der Waals surface area contributed by atoms with Crippen LogP contribution in [0, 0.1) is 10.1 Å². The van der Waals surface area contributed by atoms with Crippen molar-refractivity contribution in [3.63, 3.8) is 0 Å². The molecule has 0 aliphatic carbocycles. The maximum absolute atomic E-state index is 10.8. The molecule has 1 heterocycles. The topological polar surface area (TPSA) is 58.4 Å². The van der Waals surface area contributed by atoms with Crippen molar-refractivity contribution in [1.82, 2.24) is 10.2 Å². The summed E-state index contributed by atoms with van der Waals surface area (Å²) >= 11 is 3.32. The second kappa shape index (κ2) is 7.15. The van der Waals surface area contributed by atoms with Gasteiger partial charge in [0.2, 0.25) is 0 Å². The molecule has 2 rings (SSSR count). The van der Waals surface area contributed by atoms with E-state index in [2.05, 4.69) is 33.1 Å². The van der Waals surface area contributed by atoms with Gasteiger partial charge in [-0.3, -0.25) is 10.1 Å². The highest BCUT2D eigenvalue weighted by Crippen LogP contribution is 2.21. The average Bonchev–Trinajstić information content (AvgIpc) is 2.88. The van der Waals surface area contributed by atoms with Crippen LogP contribution in [-0.4, -0.2) is 35.5 Å². The van der Waals surface area contributed by atoms with Crippen LogP contribution in [0.3, 0.4) is 0 Å². The summed E-state index contributed by atoms with van der Waals surface area (Å²) in [4.78, 5) is 12.9. The minimum absolute atomic E-state index is 0.128. The smallest absolute Gasteiger partial charge is 0.270 e. The van der Waals surface area contributed by atoms with Gasteiger partial charge in [-0.25, -0.2) is 0 Å². The molecule has 5 nitrogen and oxygen atoms in total. The summed E-state index contributed by atoms with van der Waals surface area (Å²) in [5, 5.41) is 14.3. The number of nitro groups is 1. The van der Waals surface area contributed by atoms with E-state index in [0.717, 1.165) is 16.6 Å². The van der Waals surface area contributed by atoms with Gasteiger partial charge in [-0.2, -0.15) is 0 Å². The first-order valence-electron chi connectivity index (χ1n) is 6.94. The molecule has 0 radical (unpaired) electrons. The lowest BCUT2D eigenvalue weighted by Gasteiger charge is -2.21. The molecule has 0 saturated carbocycles. The van der Waals surface area contributed by atoms with E-state index in [4.69, 9.17) is 0 Å². The Labute approximate surface area is 127 Å². The molecule has 6 heteroatoms. The molecule has 110 valence electrons. The first kappa shape index (κ1) is 15.4. The normalized spacial score (nSPS) is 17.3. The summed E-state index contributed by atoms with van der Waals surface area (Å²) < 4.78 is 0.746. The fraction of sp³-hybridized carbons (Fsp3) is 0.571. The SMILES string of the molecule is CC(CN1CCCC1)NCc1cc(Br)cc([N+](=O)[O-])c1. The van der Waals surface area contributed by atoms with E-state index in [1.807, 2.05) is 6.07 Å². The number of hydrogen-bond acceptors (Lipinski definition) is 4. The molecule has 0 spiro atoms. The number of rotatable bonds is 6. The number of nitrogens with zero attached hydrogens (tertiary/aromatic N) is 2. The summed E-state index contributed by atoms with van der Waals surface area (Å²) in [6, 6.07) is 5.45.